The van der Waals surface area contributed by atoms with Crippen molar-refractivity contribution in [3.8, 4) is 5.75 Å². The lowest BCUT2D eigenvalue weighted by atomic mass is 10.0. The molecule has 4 heteroatoms. The van der Waals surface area contributed by atoms with Crippen molar-refractivity contribution in [2.45, 2.75) is 18.9 Å². The highest BCUT2D eigenvalue weighted by atomic mass is 16.5. The Kier molecular flexibility index (Phi) is 3.10. The highest BCUT2D eigenvalue weighted by Crippen LogP contribution is 2.27. The standard InChI is InChI=1S/C12H15NO3/c1-15-9-5-2-4-8(11(9)13)12(14)10-6-3-7-16-10/h2,4-5,10H,3,6-7,13H2,1H3. The minimum Gasteiger partial charge on any atom is -0.495 e. The summed E-state index contributed by atoms with van der Waals surface area (Å²) in [5.41, 5.74) is 6.75. The Labute approximate surface area is 94.3 Å². The second kappa shape index (κ2) is 4.53. The minimum absolute atomic E-state index is 0.0473. The number of para-hydroxylation sites is 1. The monoisotopic (exact) mass is 221 g/mol. The van der Waals surface area contributed by atoms with Gasteiger partial charge < -0.3 is 15.2 Å². The fourth-order valence-corrected chi connectivity index (χ4v) is 1.89. The average Bonchev–Trinajstić information content (AvgIpc) is 2.82. The Morgan fingerprint density at radius 3 is 3.00 bits per heavy atom. The van der Waals surface area contributed by atoms with Crippen LogP contribution < -0.4 is 10.5 Å². The molecule has 1 saturated heterocycles. The van der Waals surface area contributed by atoms with Crippen molar-refractivity contribution in [3.63, 3.8) is 0 Å². The van der Waals surface area contributed by atoms with Crippen LogP contribution in [0.3, 0.4) is 0 Å². The molecule has 2 N–H and O–H groups in total. The number of carbonyl (C=O) groups is 1. The van der Waals surface area contributed by atoms with Crippen molar-refractivity contribution in [1.29, 1.82) is 0 Å². The molecule has 4 nitrogen and oxygen atoms in total. The van der Waals surface area contributed by atoms with Gasteiger partial charge in [0.1, 0.15) is 11.9 Å². The molecule has 1 unspecified atom stereocenters. The van der Waals surface area contributed by atoms with Crippen LogP contribution in [0.5, 0.6) is 5.75 Å². The zero-order chi connectivity index (χ0) is 11.5. The number of rotatable bonds is 3. The van der Waals surface area contributed by atoms with Gasteiger partial charge in [-0.15, -0.1) is 0 Å². The van der Waals surface area contributed by atoms with Gasteiger partial charge in [-0.05, 0) is 25.0 Å². The molecule has 0 saturated carbocycles. The number of carbonyl (C=O) groups excluding carboxylic acids is 1. The van der Waals surface area contributed by atoms with E-state index in [1.165, 1.54) is 7.11 Å². The quantitative estimate of drug-likeness (QED) is 0.622. The van der Waals surface area contributed by atoms with E-state index in [9.17, 15) is 4.79 Å². The highest BCUT2D eigenvalue weighted by molar-refractivity contribution is 6.04. The molecule has 0 radical (unpaired) electrons. The first-order valence-electron chi connectivity index (χ1n) is 5.32. The molecule has 0 spiro atoms. The van der Waals surface area contributed by atoms with Gasteiger partial charge in [0.2, 0.25) is 0 Å². The first-order chi connectivity index (χ1) is 7.74. The largest absolute Gasteiger partial charge is 0.495 e. The fraction of sp³-hybridized carbons (Fsp3) is 0.417. The van der Waals surface area contributed by atoms with Gasteiger partial charge in [-0.2, -0.15) is 0 Å². The molecule has 1 heterocycles. The second-order valence-corrected chi connectivity index (χ2v) is 3.79. The summed E-state index contributed by atoms with van der Waals surface area (Å²) >= 11 is 0. The smallest absolute Gasteiger partial charge is 0.193 e. The van der Waals surface area contributed by atoms with Crippen molar-refractivity contribution in [2.24, 2.45) is 0 Å². The zero-order valence-corrected chi connectivity index (χ0v) is 9.23. The lowest BCUT2D eigenvalue weighted by Crippen LogP contribution is -2.20. The van der Waals surface area contributed by atoms with Crippen molar-refractivity contribution in [2.75, 3.05) is 19.5 Å². The van der Waals surface area contributed by atoms with Gasteiger partial charge in [0, 0.05) is 12.2 Å². The van der Waals surface area contributed by atoms with Crippen LogP contribution in [0.4, 0.5) is 5.69 Å². The molecule has 1 fully saturated rings. The van der Waals surface area contributed by atoms with Gasteiger partial charge in [-0.1, -0.05) is 6.07 Å². The molecule has 86 valence electrons. The average molecular weight is 221 g/mol. The lowest BCUT2D eigenvalue weighted by molar-refractivity contribution is 0.0643. The molecule has 0 aromatic heterocycles. The van der Waals surface area contributed by atoms with Gasteiger partial charge in [-0.3, -0.25) is 4.79 Å². The summed E-state index contributed by atoms with van der Waals surface area (Å²) in [7, 11) is 1.53. The summed E-state index contributed by atoms with van der Waals surface area (Å²) < 4.78 is 10.4. The predicted octanol–water partition coefficient (Wildman–Crippen LogP) is 1.64. The van der Waals surface area contributed by atoms with E-state index >= 15 is 0 Å². The Morgan fingerprint density at radius 2 is 2.38 bits per heavy atom. The molecule has 0 aliphatic carbocycles. The summed E-state index contributed by atoms with van der Waals surface area (Å²) in [6.45, 7) is 0.653. The number of ketones is 1. The zero-order valence-electron chi connectivity index (χ0n) is 9.23. The third kappa shape index (κ3) is 1.88. The molecule has 1 aromatic carbocycles. The maximum atomic E-state index is 12.1. The molecular formula is C12H15NO3. The summed E-state index contributed by atoms with van der Waals surface area (Å²) in [5.74, 6) is 0.484. The van der Waals surface area contributed by atoms with Crippen LogP contribution in [-0.2, 0) is 4.74 Å². The number of methoxy groups -OCH3 is 1. The Bertz CT molecular complexity index is 397. The van der Waals surface area contributed by atoms with Crippen LogP contribution in [0.25, 0.3) is 0 Å². The molecule has 16 heavy (non-hydrogen) atoms. The summed E-state index contributed by atoms with van der Waals surface area (Å²) in [4.78, 5) is 12.1. The summed E-state index contributed by atoms with van der Waals surface area (Å²) in [5, 5.41) is 0. The van der Waals surface area contributed by atoms with Gasteiger partial charge in [-0.25, -0.2) is 0 Å². The van der Waals surface area contributed by atoms with Gasteiger partial charge in [0.25, 0.3) is 0 Å². The minimum atomic E-state index is -0.339. The summed E-state index contributed by atoms with van der Waals surface area (Å²) in [6, 6.07) is 5.21. The highest BCUT2D eigenvalue weighted by Gasteiger charge is 2.26. The number of Topliss-reactive ketones (excluding diaryl/α,β-unsaturated/α-hetero) is 1. The molecule has 1 aliphatic rings. The molecule has 1 aliphatic heterocycles. The maximum absolute atomic E-state index is 12.1. The van der Waals surface area contributed by atoms with E-state index in [0.29, 0.717) is 23.6 Å². The van der Waals surface area contributed by atoms with Gasteiger partial charge in [0.05, 0.1) is 12.8 Å². The van der Waals surface area contributed by atoms with E-state index in [1.807, 2.05) is 0 Å². The number of anilines is 1. The van der Waals surface area contributed by atoms with Gasteiger partial charge in [0.15, 0.2) is 5.78 Å². The molecular weight excluding hydrogens is 206 g/mol. The van der Waals surface area contributed by atoms with Crippen molar-refractivity contribution in [1.82, 2.24) is 0 Å². The number of benzene rings is 1. The number of ether oxygens (including phenoxy) is 2. The third-order valence-electron chi connectivity index (χ3n) is 2.77. The molecule has 0 bridgehead atoms. The van der Waals surface area contributed by atoms with Crippen molar-refractivity contribution in [3.05, 3.63) is 23.8 Å². The van der Waals surface area contributed by atoms with E-state index in [1.54, 1.807) is 18.2 Å². The predicted molar refractivity (Wildman–Crippen MR) is 60.7 cm³/mol. The van der Waals surface area contributed by atoms with Crippen LogP contribution >= 0.6 is 0 Å². The van der Waals surface area contributed by atoms with Crippen LogP contribution in [0, 0.1) is 0 Å². The normalized spacial score (nSPS) is 19.7. The maximum Gasteiger partial charge on any atom is 0.193 e. The number of nitrogens with two attached hydrogens (primary N) is 1. The van der Waals surface area contributed by atoms with Crippen LogP contribution in [0.2, 0.25) is 0 Å². The summed E-state index contributed by atoms with van der Waals surface area (Å²) in [6.07, 6.45) is 1.37. The topological polar surface area (TPSA) is 61.5 Å². The number of hydrogen-bond donors (Lipinski definition) is 1. The van der Waals surface area contributed by atoms with E-state index in [-0.39, 0.29) is 11.9 Å². The van der Waals surface area contributed by atoms with Crippen molar-refractivity contribution < 1.29 is 14.3 Å². The molecule has 2 rings (SSSR count). The van der Waals surface area contributed by atoms with Gasteiger partial charge >= 0.3 is 0 Å². The van der Waals surface area contributed by atoms with E-state index < -0.39 is 0 Å². The molecule has 0 amide bonds. The molecule has 1 atom stereocenters. The van der Waals surface area contributed by atoms with Crippen LogP contribution in [-0.4, -0.2) is 25.6 Å². The molecule has 1 aromatic rings. The first-order valence-corrected chi connectivity index (χ1v) is 5.32. The number of hydrogen-bond acceptors (Lipinski definition) is 4. The number of nitrogen functional groups attached to an aromatic ring is 1. The second-order valence-electron chi connectivity index (χ2n) is 3.79. The Balaban J connectivity index is 2.29. The van der Waals surface area contributed by atoms with Crippen molar-refractivity contribution >= 4 is 11.5 Å². The SMILES string of the molecule is COc1cccc(C(=O)C2CCCO2)c1N. The Morgan fingerprint density at radius 1 is 1.56 bits per heavy atom. The van der Waals surface area contributed by atoms with E-state index in [0.717, 1.165) is 12.8 Å². The van der Waals surface area contributed by atoms with Crippen LogP contribution in [0.1, 0.15) is 23.2 Å². The third-order valence-corrected chi connectivity index (χ3v) is 2.77. The first kappa shape index (κ1) is 11.0. The van der Waals surface area contributed by atoms with Crippen LogP contribution in [0.15, 0.2) is 18.2 Å². The van der Waals surface area contributed by atoms with E-state index in [2.05, 4.69) is 0 Å². The lowest BCUT2D eigenvalue weighted by Gasteiger charge is -2.12. The van der Waals surface area contributed by atoms with E-state index in [4.69, 9.17) is 15.2 Å². The fourth-order valence-electron chi connectivity index (χ4n) is 1.89. The Hall–Kier alpha value is -1.55.